The maximum atomic E-state index is 13.1. The van der Waals surface area contributed by atoms with Crippen LogP contribution < -0.4 is 10.9 Å². The highest BCUT2D eigenvalue weighted by Crippen LogP contribution is 2.17. The molecule has 1 fully saturated rings. The number of carbonyl (C=O) groups is 2. The molecule has 0 saturated carbocycles. The van der Waals surface area contributed by atoms with Gasteiger partial charge in [0.15, 0.2) is 0 Å². The van der Waals surface area contributed by atoms with Gasteiger partial charge in [0, 0.05) is 31.9 Å². The molecule has 0 radical (unpaired) electrons. The second-order valence-corrected chi connectivity index (χ2v) is 7.91. The molecule has 4 aromatic rings. The number of amides is 2. The maximum absolute atomic E-state index is 13.1. The second kappa shape index (κ2) is 8.47. The molecule has 9 nitrogen and oxygen atoms in total. The van der Waals surface area contributed by atoms with E-state index in [0.717, 1.165) is 0 Å². The molecular weight excluding hydrogens is 427 g/mol. The van der Waals surface area contributed by atoms with E-state index in [1.165, 1.54) is 30.5 Å². The Morgan fingerprint density at radius 3 is 2.52 bits per heavy atom. The number of hydrogen-bond donors (Lipinski definition) is 2. The van der Waals surface area contributed by atoms with Crippen LogP contribution in [-0.4, -0.2) is 68.9 Å². The molecule has 1 aliphatic heterocycles. The molecule has 0 atom stereocenters. The van der Waals surface area contributed by atoms with Gasteiger partial charge in [0.05, 0.1) is 23.6 Å². The van der Waals surface area contributed by atoms with Gasteiger partial charge in [-0.05, 0) is 36.4 Å². The molecule has 2 aromatic heterocycles. The Morgan fingerprint density at radius 1 is 1.03 bits per heavy atom. The minimum absolute atomic E-state index is 0.176. The van der Waals surface area contributed by atoms with Crippen molar-refractivity contribution < 1.29 is 14.0 Å². The molecule has 2 N–H and O–H groups in total. The average Bonchev–Trinajstić information content (AvgIpc) is 3.25. The first-order chi connectivity index (χ1) is 16.0. The fourth-order valence-electron chi connectivity index (χ4n) is 4.05. The van der Waals surface area contributed by atoms with Gasteiger partial charge in [-0.25, -0.2) is 8.91 Å². The molecule has 1 aliphatic rings. The fourth-order valence-corrected chi connectivity index (χ4v) is 4.05. The van der Waals surface area contributed by atoms with Crippen LogP contribution in [0.2, 0.25) is 0 Å². The number of rotatable bonds is 4. The number of piperazine rings is 1. The van der Waals surface area contributed by atoms with Crippen LogP contribution in [0.15, 0.2) is 59.5 Å². The number of carbonyl (C=O) groups excluding carboxylic acids is 2. The number of nitrogens with one attached hydrogen (secondary N) is 2. The molecule has 168 valence electrons. The summed E-state index contributed by atoms with van der Waals surface area (Å²) in [6.45, 7) is 2.12. The van der Waals surface area contributed by atoms with Crippen LogP contribution in [0.3, 0.4) is 0 Å². The van der Waals surface area contributed by atoms with E-state index in [0.29, 0.717) is 54.0 Å². The zero-order chi connectivity index (χ0) is 22.9. The van der Waals surface area contributed by atoms with Gasteiger partial charge in [0.2, 0.25) is 5.91 Å². The highest BCUT2D eigenvalue weighted by molar-refractivity contribution is 6.00. The third-order valence-corrected chi connectivity index (χ3v) is 5.76. The number of aromatic nitrogens is 3. The molecule has 2 aromatic carbocycles. The van der Waals surface area contributed by atoms with E-state index in [4.69, 9.17) is 0 Å². The lowest BCUT2D eigenvalue weighted by Gasteiger charge is -2.34. The summed E-state index contributed by atoms with van der Waals surface area (Å²) in [5.74, 6) is -0.780. The highest BCUT2D eigenvalue weighted by Gasteiger charge is 2.26. The number of nitrogens with zero attached hydrogens (tertiary/aromatic N) is 4. The summed E-state index contributed by atoms with van der Waals surface area (Å²) in [5.41, 5.74) is 1.59. The van der Waals surface area contributed by atoms with Crippen molar-refractivity contribution in [3.05, 3.63) is 76.5 Å². The second-order valence-electron chi connectivity index (χ2n) is 7.91. The third kappa shape index (κ3) is 4.08. The molecule has 10 heteroatoms. The SMILES string of the molecule is O=C(CN1CCN(C(=O)c2cnn3c2[nH]c(=O)c2ccccc23)CC1)Nc1ccc(F)cc1. The predicted molar refractivity (Wildman–Crippen MR) is 121 cm³/mol. The third-order valence-electron chi connectivity index (χ3n) is 5.76. The van der Waals surface area contributed by atoms with E-state index in [9.17, 15) is 18.8 Å². The van der Waals surface area contributed by atoms with E-state index in [-0.39, 0.29) is 29.7 Å². The standard InChI is InChI=1S/C23H21FN6O3/c24-15-5-7-16(8-6-15)26-20(31)14-28-9-11-29(12-10-28)23(33)18-13-25-30-19-4-2-1-3-17(19)22(32)27-21(18)30/h1-8,13H,9-12,14H2,(H,26,31)(H,27,32). The van der Waals surface area contributed by atoms with Gasteiger partial charge in [0.1, 0.15) is 17.0 Å². The number of hydrogen-bond acceptors (Lipinski definition) is 5. The van der Waals surface area contributed by atoms with Crippen molar-refractivity contribution >= 4 is 34.1 Å². The molecule has 0 spiro atoms. The van der Waals surface area contributed by atoms with Crippen LogP contribution in [0.4, 0.5) is 10.1 Å². The van der Waals surface area contributed by atoms with Crippen molar-refractivity contribution in [3.63, 3.8) is 0 Å². The van der Waals surface area contributed by atoms with Gasteiger partial charge in [-0.1, -0.05) is 12.1 Å². The van der Waals surface area contributed by atoms with Crippen molar-refractivity contribution in [2.75, 3.05) is 38.0 Å². The monoisotopic (exact) mass is 448 g/mol. The number of anilines is 1. The van der Waals surface area contributed by atoms with Crippen LogP contribution in [0.5, 0.6) is 0 Å². The lowest BCUT2D eigenvalue weighted by atomic mass is 10.2. The molecule has 3 heterocycles. The summed E-state index contributed by atoms with van der Waals surface area (Å²) < 4.78 is 14.6. The summed E-state index contributed by atoms with van der Waals surface area (Å²) in [7, 11) is 0. The number of aromatic amines is 1. The van der Waals surface area contributed by atoms with Crippen molar-refractivity contribution in [2.45, 2.75) is 0 Å². The van der Waals surface area contributed by atoms with Gasteiger partial charge in [0.25, 0.3) is 11.5 Å². The Kier molecular flexibility index (Phi) is 5.35. The van der Waals surface area contributed by atoms with E-state index in [2.05, 4.69) is 15.4 Å². The first-order valence-electron chi connectivity index (χ1n) is 10.6. The molecule has 33 heavy (non-hydrogen) atoms. The quantitative estimate of drug-likeness (QED) is 0.495. The first-order valence-corrected chi connectivity index (χ1v) is 10.6. The molecule has 5 rings (SSSR count). The topological polar surface area (TPSA) is 103 Å². The predicted octanol–water partition coefficient (Wildman–Crippen LogP) is 1.71. The summed E-state index contributed by atoms with van der Waals surface area (Å²) in [6, 6.07) is 12.7. The Bertz CT molecular complexity index is 1400. The van der Waals surface area contributed by atoms with E-state index < -0.39 is 0 Å². The van der Waals surface area contributed by atoms with Crippen LogP contribution in [-0.2, 0) is 4.79 Å². The van der Waals surface area contributed by atoms with Gasteiger partial charge in [-0.2, -0.15) is 5.10 Å². The number of para-hydroxylation sites is 1. The smallest absolute Gasteiger partial charge is 0.259 e. The zero-order valence-corrected chi connectivity index (χ0v) is 17.6. The molecule has 0 bridgehead atoms. The molecule has 0 unspecified atom stereocenters. The summed E-state index contributed by atoms with van der Waals surface area (Å²) in [4.78, 5) is 44.3. The molecular formula is C23H21FN6O3. The molecule has 0 aliphatic carbocycles. The Labute approximate surface area is 187 Å². The van der Waals surface area contributed by atoms with Gasteiger partial charge in [-0.15, -0.1) is 0 Å². The Morgan fingerprint density at radius 2 is 1.76 bits per heavy atom. The number of benzene rings is 2. The van der Waals surface area contributed by atoms with E-state index >= 15 is 0 Å². The lowest BCUT2D eigenvalue weighted by molar-refractivity contribution is -0.117. The average molecular weight is 448 g/mol. The Hall–Kier alpha value is -4.05. The van der Waals surface area contributed by atoms with Gasteiger partial charge < -0.3 is 15.2 Å². The van der Waals surface area contributed by atoms with Crippen LogP contribution in [0.1, 0.15) is 10.4 Å². The summed E-state index contributed by atoms with van der Waals surface area (Å²) in [5, 5.41) is 7.56. The van der Waals surface area contributed by atoms with Crippen LogP contribution >= 0.6 is 0 Å². The number of halogens is 1. The Balaban J connectivity index is 1.24. The first kappa shape index (κ1) is 20.8. The van der Waals surface area contributed by atoms with E-state index in [1.807, 2.05) is 11.0 Å². The minimum Gasteiger partial charge on any atom is -0.336 e. The van der Waals surface area contributed by atoms with Crippen molar-refractivity contribution in [1.82, 2.24) is 24.4 Å². The highest BCUT2D eigenvalue weighted by atomic mass is 19.1. The van der Waals surface area contributed by atoms with Crippen molar-refractivity contribution in [1.29, 1.82) is 0 Å². The van der Waals surface area contributed by atoms with Crippen molar-refractivity contribution in [3.8, 4) is 0 Å². The summed E-state index contributed by atoms with van der Waals surface area (Å²) >= 11 is 0. The van der Waals surface area contributed by atoms with Crippen LogP contribution in [0, 0.1) is 5.82 Å². The number of H-pyrrole nitrogens is 1. The summed E-state index contributed by atoms with van der Waals surface area (Å²) in [6.07, 6.45) is 1.47. The molecule has 1 saturated heterocycles. The van der Waals surface area contributed by atoms with E-state index in [1.54, 1.807) is 27.6 Å². The van der Waals surface area contributed by atoms with Crippen molar-refractivity contribution in [2.24, 2.45) is 0 Å². The van der Waals surface area contributed by atoms with Gasteiger partial charge in [-0.3, -0.25) is 19.3 Å². The maximum Gasteiger partial charge on any atom is 0.259 e. The number of fused-ring (bicyclic) bond motifs is 3. The fraction of sp³-hybridized carbons (Fsp3) is 0.217. The molecule has 2 amide bonds. The largest absolute Gasteiger partial charge is 0.336 e. The van der Waals surface area contributed by atoms with Crippen LogP contribution in [0.25, 0.3) is 16.6 Å². The minimum atomic E-state index is -0.364. The van der Waals surface area contributed by atoms with Gasteiger partial charge >= 0.3 is 0 Å². The lowest BCUT2D eigenvalue weighted by Crippen LogP contribution is -2.50. The normalized spacial score (nSPS) is 14.6. The zero-order valence-electron chi connectivity index (χ0n) is 17.6.